The Morgan fingerprint density at radius 3 is 2.35 bits per heavy atom. The minimum Gasteiger partial charge on any atom is -0.366 e. The van der Waals surface area contributed by atoms with Crippen LogP contribution >= 0.6 is 0 Å². The molecule has 0 radical (unpaired) electrons. The lowest BCUT2D eigenvalue weighted by Crippen LogP contribution is -2.51. The number of hydrogen-bond acceptors (Lipinski definition) is 3. The predicted molar refractivity (Wildman–Crippen MR) is 101 cm³/mol. The molecule has 0 atom stereocenters. The van der Waals surface area contributed by atoms with Gasteiger partial charge in [0.15, 0.2) is 0 Å². The van der Waals surface area contributed by atoms with Crippen LogP contribution in [-0.4, -0.2) is 55.0 Å². The lowest BCUT2D eigenvalue weighted by Gasteiger charge is -2.37. The van der Waals surface area contributed by atoms with Crippen molar-refractivity contribution in [3.05, 3.63) is 65.5 Å². The maximum atomic E-state index is 13.9. The Hall–Kier alpha value is -2.40. The number of nitrogens with zero attached hydrogens (tertiary/aromatic N) is 3. The van der Waals surface area contributed by atoms with Crippen molar-refractivity contribution >= 4 is 11.6 Å². The van der Waals surface area contributed by atoms with Crippen molar-refractivity contribution in [1.29, 1.82) is 0 Å². The van der Waals surface area contributed by atoms with Crippen molar-refractivity contribution in [2.24, 2.45) is 0 Å². The fourth-order valence-corrected chi connectivity index (χ4v) is 3.89. The van der Waals surface area contributed by atoms with Gasteiger partial charge >= 0.3 is 0 Å². The van der Waals surface area contributed by atoms with E-state index in [-0.39, 0.29) is 11.7 Å². The number of fused-ring (bicyclic) bond motifs is 1. The summed E-state index contributed by atoms with van der Waals surface area (Å²) in [4.78, 5) is 18.8. The summed E-state index contributed by atoms with van der Waals surface area (Å²) in [5.74, 6) is -0.0168. The molecule has 0 saturated carbocycles. The fraction of sp³-hybridized carbons (Fsp3) is 0.381. The number of amides is 1. The van der Waals surface area contributed by atoms with E-state index in [1.54, 1.807) is 12.1 Å². The SMILES string of the molecule is O=C(CN1CCc2ccccc2C1)N1CCN(c2ccccc2F)CC1. The first kappa shape index (κ1) is 17.0. The van der Waals surface area contributed by atoms with Gasteiger partial charge in [-0.05, 0) is 29.7 Å². The van der Waals surface area contributed by atoms with Crippen LogP contribution in [0, 0.1) is 5.82 Å². The van der Waals surface area contributed by atoms with Crippen LogP contribution in [0.3, 0.4) is 0 Å². The van der Waals surface area contributed by atoms with Crippen molar-refractivity contribution in [2.45, 2.75) is 13.0 Å². The smallest absolute Gasteiger partial charge is 0.236 e. The summed E-state index contributed by atoms with van der Waals surface area (Å²) in [5, 5.41) is 0. The maximum Gasteiger partial charge on any atom is 0.236 e. The van der Waals surface area contributed by atoms with Crippen molar-refractivity contribution in [3.8, 4) is 0 Å². The van der Waals surface area contributed by atoms with E-state index in [9.17, 15) is 9.18 Å². The molecule has 1 amide bonds. The number of carbonyl (C=O) groups is 1. The summed E-state index contributed by atoms with van der Waals surface area (Å²) in [6.45, 7) is 4.89. The van der Waals surface area contributed by atoms with Gasteiger partial charge in [0.05, 0.1) is 12.2 Å². The van der Waals surface area contributed by atoms with Gasteiger partial charge in [-0.1, -0.05) is 36.4 Å². The van der Waals surface area contributed by atoms with Crippen LogP contribution in [0.2, 0.25) is 0 Å². The fourth-order valence-electron chi connectivity index (χ4n) is 3.89. The van der Waals surface area contributed by atoms with Gasteiger partial charge in [0.2, 0.25) is 5.91 Å². The molecule has 0 aromatic heterocycles. The standard InChI is InChI=1S/C21H24FN3O/c22-19-7-3-4-8-20(19)24-11-13-25(14-12-24)21(26)16-23-10-9-17-5-1-2-6-18(17)15-23/h1-8H,9-16H2. The quantitative estimate of drug-likeness (QED) is 0.848. The van der Waals surface area contributed by atoms with Gasteiger partial charge in [-0.2, -0.15) is 0 Å². The average molecular weight is 353 g/mol. The number of rotatable bonds is 3. The zero-order chi connectivity index (χ0) is 17.9. The molecule has 2 heterocycles. The largest absolute Gasteiger partial charge is 0.366 e. The highest BCUT2D eigenvalue weighted by atomic mass is 19.1. The average Bonchev–Trinajstić information content (AvgIpc) is 2.68. The minimum atomic E-state index is -0.195. The second-order valence-electron chi connectivity index (χ2n) is 7.05. The van der Waals surface area contributed by atoms with Crippen LogP contribution in [0.25, 0.3) is 0 Å². The summed E-state index contributed by atoms with van der Waals surface area (Å²) in [5.41, 5.74) is 3.36. The van der Waals surface area contributed by atoms with E-state index >= 15 is 0 Å². The number of para-hydroxylation sites is 1. The number of piperazine rings is 1. The molecule has 2 aliphatic rings. The van der Waals surface area contributed by atoms with E-state index < -0.39 is 0 Å². The predicted octanol–water partition coefficient (Wildman–Crippen LogP) is 2.53. The third-order valence-electron chi connectivity index (χ3n) is 5.39. The molecule has 2 aromatic carbocycles. The number of anilines is 1. The topological polar surface area (TPSA) is 26.8 Å². The third-order valence-corrected chi connectivity index (χ3v) is 5.39. The van der Waals surface area contributed by atoms with E-state index in [4.69, 9.17) is 0 Å². The molecule has 2 aliphatic heterocycles. The van der Waals surface area contributed by atoms with Crippen LogP contribution < -0.4 is 4.90 Å². The normalized spacial score (nSPS) is 17.9. The lowest BCUT2D eigenvalue weighted by molar-refractivity contribution is -0.132. The van der Waals surface area contributed by atoms with E-state index in [0.717, 1.165) is 19.5 Å². The Labute approximate surface area is 153 Å². The molecule has 0 aliphatic carbocycles. The molecule has 5 heteroatoms. The van der Waals surface area contributed by atoms with E-state index in [2.05, 4.69) is 29.2 Å². The molecule has 0 unspecified atom stereocenters. The molecule has 0 bridgehead atoms. The van der Waals surface area contributed by atoms with Crippen LogP contribution in [0.5, 0.6) is 0 Å². The van der Waals surface area contributed by atoms with Gasteiger partial charge < -0.3 is 9.80 Å². The van der Waals surface area contributed by atoms with E-state index in [0.29, 0.717) is 38.4 Å². The van der Waals surface area contributed by atoms with Gasteiger partial charge in [0, 0.05) is 39.3 Å². The monoisotopic (exact) mass is 353 g/mol. The van der Waals surface area contributed by atoms with Gasteiger partial charge in [-0.15, -0.1) is 0 Å². The molecule has 2 aromatic rings. The van der Waals surface area contributed by atoms with Crippen LogP contribution in [0.1, 0.15) is 11.1 Å². The number of benzene rings is 2. The Kier molecular flexibility index (Phi) is 4.89. The molecule has 1 saturated heterocycles. The lowest BCUT2D eigenvalue weighted by atomic mass is 10.00. The van der Waals surface area contributed by atoms with E-state index in [1.807, 2.05) is 15.9 Å². The van der Waals surface area contributed by atoms with Crippen LogP contribution in [-0.2, 0) is 17.8 Å². The van der Waals surface area contributed by atoms with Crippen molar-refractivity contribution in [2.75, 3.05) is 44.2 Å². The van der Waals surface area contributed by atoms with Crippen LogP contribution in [0.4, 0.5) is 10.1 Å². The van der Waals surface area contributed by atoms with Gasteiger partial charge in [0.1, 0.15) is 5.82 Å². The summed E-state index contributed by atoms with van der Waals surface area (Å²) in [7, 11) is 0. The maximum absolute atomic E-state index is 13.9. The number of carbonyl (C=O) groups excluding carboxylic acids is 1. The molecule has 1 fully saturated rings. The van der Waals surface area contributed by atoms with Crippen molar-refractivity contribution < 1.29 is 9.18 Å². The first-order valence-electron chi connectivity index (χ1n) is 9.27. The Morgan fingerprint density at radius 2 is 1.58 bits per heavy atom. The second-order valence-corrected chi connectivity index (χ2v) is 7.05. The number of halogens is 1. The molecule has 26 heavy (non-hydrogen) atoms. The van der Waals surface area contributed by atoms with Gasteiger partial charge in [-0.3, -0.25) is 9.69 Å². The van der Waals surface area contributed by atoms with Crippen molar-refractivity contribution in [3.63, 3.8) is 0 Å². The Morgan fingerprint density at radius 1 is 0.885 bits per heavy atom. The highest BCUT2D eigenvalue weighted by Crippen LogP contribution is 2.21. The highest BCUT2D eigenvalue weighted by molar-refractivity contribution is 5.78. The number of hydrogen-bond donors (Lipinski definition) is 0. The summed E-state index contributed by atoms with van der Waals surface area (Å²) < 4.78 is 13.9. The molecule has 0 spiro atoms. The minimum absolute atomic E-state index is 0.178. The molecule has 0 N–H and O–H groups in total. The molecule has 4 nitrogen and oxygen atoms in total. The molecular weight excluding hydrogens is 329 g/mol. The molecule has 4 rings (SSSR count). The zero-order valence-electron chi connectivity index (χ0n) is 14.9. The Bertz CT molecular complexity index is 786. The summed E-state index contributed by atoms with van der Waals surface area (Å²) >= 11 is 0. The highest BCUT2D eigenvalue weighted by Gasteiger charge is 2.25. The van der Waals surface area contributed by atoms with E-state index in [1.165, 1.54) is 17.2 Å². The molecule has 136 valence electrons. The molecular formula is C21H24FN3O. The first-order chi connectivity index (χ1) is 12.7. The third kappa shape index (κ3) is 3.58. The summed E-state index contributed by atoms with van der Waals surface area (Å²) in [6, 6.07) is 15.3. The Balaban J connectivity index is 1.31. The first-order valence-corrected chi connectivity index (χ1v) is 9.27. The summed E-state index contributed by atoms with van der Waals surface area (Å²) in [6.07, 6.45) is 1.00. The van der Waals surface area contributed by atoms with Crippen molar-refractivity contribution in [1.82, 2.24) is 9.80 Å². The second kappa shape index (κ2) is 7.46. The zero-order valence-corrected chi connectivity index (χ0v) is 14.9. The van der Waals surface area contributed by atoms with Gasteiger partial charge in [-0.25, -0.2) is 4.39 Å². The van der Waals surface area contributed by atoms with Gasteiger partial charge in [0.25, 0.3) is 0 Å². The van der Waals surface area contributed by atoms with Crippen LogP contribution in [0.15, 0.2) is 48.5 Å².